The van der Waals surface area contributed by atoms with E-state index in [4.69, 9.17) is 9.47 Å². The summed E-state index contributed by atoms with van der Waals surface area (Å²) in [5.74, 6) is 0.384. The van der Waals surface area contributed by atoms with Crippen molar-refractivity contribution in [2.24, 2.45) is 0 Å². The standard InChI is InChI=1S/C16H21NO3/c18-16(20-12-6-3-1-2-4-7-12)13-8-5-9-14-15(13)19-11-10-17-14/h5,8-9,12,17H,1-4,6-7,10-11H2. The molecule has 0 unspecified atom stereocenters. The first-order valence-electron chi connectivity index (χ1n) is 7.55. The highest BCUT2D eigenvalue weighted by atomic mass is 16.5. The number of anilines is 1. The average molecular weight is 275 g/mol. The third-order valence-corrected chi connectivity index (χ3v) is 3.97. The summed E-state index contributed by atoms with van der Waals surface area (Å²) >= 11 is 0. The lowest BCUT2D eigenvalue weighted by Gasteiger charge is -2.22. The number of para-hydroxylation sites is 1. The van der Waals surface area contributed by atoms with Gasteiger partial charge < -0.3 is 14.8 Å². The maximum absolute atomic E-state index is 12.4. The Morgan fingerprint density at radius 3 is 2.80 bits per heavy atom. The van der Waals surface area contributed by atoms with Gasteiger partial charge in [0, 0.05) is 6.54 Å². The van der Waals surface area contributed by atoms with Crippen molar-refractivity contribution in [1.82, 2.24) is 0 Å². The summed E-state index contributed by atoms with van der Waals surface area (Å²) < 4.78 is 11.3. The van der Waals surface area contributed by atoms with Gasteiger partial charge >= 0.3 is 5.97 Å². The third-order valence-electron chi connectivity index (χ3n) is 3.97. The average Bonchev–Trinajstić information content (AvgIpc) is 2.75. The molecule has 4 nitrogen and oxygen atoms in total. The number of rotatable bonds is 2. The van der Waals surface area contributed by atoms with E-state index < -0.39 is 0 Å². The van der Waals surface area contributed by atoms with Crippen molar-refractivity contribution in [1.29, 1.82) is 0 Å². The summed E-state index contributed by atoms with van der Waals surface area (Å²) in [6, 6.07) is 5.58. The van der Waals surface area contributed by atoms with E-state index >= 15 is 0 Å². The van der Waals surface area contributed by atoms with Gasteiger partial charge in [0.05, 0.1) is 5.69 Å². The molecule has 1 heterocycles. The van der Waals surface area contributed by atoms with Crippen LogP contribution in [0.3, 0.4) is 0 Å². The molecule has 0 aromatic heterocycles. The van der Waals surface area contributed by atoms with Crippen LogP contribution in [0.15, 0.2) is 18.2 Å². The largest absolute Gasteiger partial charge is 0.489 e. The smallest absolute Gasteiger partial charge is 0.342 e. The molecule has 0 amide bonds. The molecule has 2 aliphatic rings. The molecule has 0 bridgehead atoms. The first-order valence-corrected chi connectivity index (χ1v) is 7.55. The highest BCUT2D eigenvalue weighted by Gasteiger charge is 2.23. The van der Waals surface area contributed by atoms with Crippen molar-refractivity contribution in [2.45, 2.75) is 44.6 Å². The Hall–Kier alpha value is -1.71. The fourth-order valence-corrected chi connectivity index (χ4v) is 2.91. The molecule has 1 fully saturated rings. The van der Waals surface area contributed by atoms with Crippen LogP contribution in [-0.2, 0) is 4.74 Å². The molecule has 1 aliphatic carbocycles. The van der Waals surface area contributed by atoms with Crippen LogP contribution in [0.4, 0.5) is 5.69 Å². The Balaban J connectivity index is 1.73. The maximum Gasteiger partial charge on any atom is 0.342 e. The van der Waals surface area contributed by atoms with Gasteiger partial charge in [0.2, 0.25) is 0 Å². The Labute approximate surface area is 119 Å². The van der Waals surface area contributed by atoms with Crippen molar-refractivity contribution in [2.75, 3.05) is 18.5 Å². The predicted molar refractivity (Wildman–Crippen MR) is 77.3 cm³/mol. The number of benzene rings is 1. The van der Waals surface area contributed by atoms with E-state index in [2.05, 4.69) is 5.32 Å². The number of carbonyl (C=O) groups excluding carboxylic acids is 1. The van der Waals surface area contributed by atoms with E-state index in [1.165, 1.54) is 12.8 Å². The van der Waals surface area contributed by atoms with Crippen molar-refractivity contribution in [3.63, 3.8) is 0 Å². The SMILES string of the molecule is O=C(OC1CCCCCC1)c1cccc2c1OCCN2. The van der Waals surface area contributed by atoms with Crippen molar-refractivity contribution >= 4 is 11.7 Å². The minimum absolute atomic E-state index is 0.0670. The van der Waals surface area contributed by atoms with E-state index in [1.54, 1.807) is 6.07 Å². The fourth-order valence-electron chi connectivity index (χ4n) is 2.91. The van der Waals surface area contributed by atoms with Crippen LogP contribution in [0.25, 0.3) is 0 Å². The first kappa shape index (κ1) is 13.3. The lowest BCUT2D eigenvalue weighted by molar-refractivity contribution is 0.0263. The zero-order valence-corrected chi connectivity index (χ0v) is 11.7. The zero-order valence-electron chi connectivity index (χ0n) is 11.7. The topological polar surface area (TPSA) is 47.6 Å². The predicted octanol–water partition coefficient (Wildman–Crippen LogP) is 3.37. The van der Waals surface area contributed by atoms with Crippen molar-refractivity contribution in [3.05, 3.63) is 23.8 Å². The summed E-state index contributed by atoms with van der Waals surface area (Å²) in [6.07, 6.45) is 6.85. The minimum Gasteiger partial charge on any atom is -0.489 e. The van der Waals surface area contributed by atoms with Crippen LogP contribution in [-0.4, -0.2) is 25.2 Å². The number of carbonyl (C=O) groups is 1. The summed E-state index contributed by atoms with van der Waals surface area (Å²) in [6.45, 7) is 1.36. The lowest BCUT2D eigenvalue weighted by atomic mass is 10.1. The van der Waals surface area contributed by atoms with E-state index in [1.807, 2.05) is 12.1 Å². The Morgan fingerprint density at radius 2 is 2.00 bits per heavy atom. The Morgan fingerprint density at radius 1 is 1.20 bits per heavy atom. The van der Waals surface area contributed by atoms with Gasteiger partial charge in [0.15, 0.2) is 5.75 Å². The molecular formula is C16H21NO3. The molecule has 0 radical (unpaired) electrons. The Bertz CT molecular complexity index is 479. The summed E-state index contributed by atoms with van der Waals surface area (Å²) in [5, 5.41) is 3.24. The fraction of sp³-hybridized carbons (Fsp3) is 0.562. The minimum atomic E-state index is -0.252. The zero-order chi connectivity index (χ0) is 13.8. The van der Waals surface area contributed by atoms with Gasteiger partial charge in [0.1, 0.15) is 18.3 Å². The number of esters is 1. The second-order valence-corrected chi connectivity index (χ2v) is 5.48. The van der Waals surface area contributed by atoms with E-state index in [-0.39, 0.29) is 12.1 Å². The number of nitrogens with one attached hydrogen (secondary N) is 1. The van der Waals surface area contributed by atoms with Crippen LogP contribution in [0.2, 0.25) is 0 Å². The highest BCUT2D eigenvalue weighted by Crippen LogP contribution is 2.32. The normalized spacial score (nSPS) is 19.2. The van der Waals surface area contributed by atoms with Crippen molar-refractivity contribution in [3.8, 4) is 5.75 Å². The lowest BCUT2D eigenvalue weighted by Crippen LogP contribution is -2.22. The van der Waals surface area contributed by atoms with Crippen LogP contribution in [0.5, 0.6) is 5.75 Å². The molecule has 108 valence electrons. The second kappa shape index (κ2) is 6.16. The van der Waals surface area contributed by atoms with Crippen molar-refractivity contribution < 1.29 is 14.3 Å². The monoisotopic (exact) mass is 275 g/mol. The molecule has 4 heteroatoms. The molecule has 3 rings (SSSR count). The quantitative estimate of drug-likeness (QED) is 0.664. The van der Waals surface area contributed by atoms with Gasteiger partial charge in [-0.25, -0.2) is 4.79 Å². The molecule has 0 atom stereocenters. The van der Waals surface area contributed by atoms with Crippen LogP contribution < -0.4 is 10.1 Å². The molecule has 1 aliphatic heterocycles. The summed E-state index contributed by atoms with van der Waals surface area (Å²) in [5.41, 5.74) is 1.42. The van der Waals surface area contributed by atoms with Gasteiger partial charge in [-0.3, -0.25) is 0 Å². The number of fused-ring (bicyclic) bond motifs is 1. The van der Waals surface area contributed by atoms with Gasteiger partial charge in [-0.1, -0.05) is 18.9 Å². The maximum atomic E-state index is 12.4. The number of ether oxygens (including phenoxy) is 2. The number of hydrogen-bond donors (Lipinski definition) is 1. The van der Waals surface area contributed by atoms with Gasteiger partial charge in [-0.15, -0.1) is 0 Å². The van der Waals surface area contributed by atoms with Crippen LogP contribution >= 0.6 is 0 Å². The second-order valence-electron chi connectivity index (χ2n) is 5.48. The van der Waals surface area contributed by atoms with Crippen LogP contribution in [0.1, 0.15) is 48.9 Å². The molecule has 0 saturated heterocycles. The summed E-state index contributed by atoms with van der Waals surface area (Å²) in [4.78, 5) is 12.4. The highest BCUT2D eigenvalue weighted by molar-refractivity contribution is 5.95. The molecule has 20 heavy (non-hydrogen) atoms. The Kier molecular flexibility index (Phi) is 4.09. The van der Waals surface area contributed by atoms with Gasteiger partial charge in [-0.2, -0.15) is 0 Å². The van der Waals surface area contributed by atoms with Gasteiger partial charge in [-0.05, 0) is 37.8 Å². The third kappa shape index (κ3) is 2.89. The first-order chi connectivity index (χ1) is 9.84. The molecule has 1 saturated carbocycles. The van der Waals surface area contributed by atoms with E-state index in [9.17, 15) is 4.79 Å². The van der Waals surface area contributed by atoms with Gasteiger partial charge in [0.25, 0.3) is 0 Å². The molecular weight excluding hydrogens is 254 g/mol. The van der Waals surface area contributed by atoms with E-state index in [0.29, 0.717) is 17.9 Å². The van der Waals surface area contributed by atoms with E-state index in [0.717, 1.165) is 37.9 Å². The summed E-state index contributed by atoms with van der Waals surface area (Å²) in [7, 11) is 0. The number of hydrogen-bond acceptors (Lipinski definition) is 4. The van der Waals surface area contributed by atoms with Crippen LogP contribution in [0, 0.1) is 0 Å². The molecule has 1 N–H and O–H groups in total. The molecule has 0 spiro atoms. The molecule has 1 aromatic rings. The molecule has 1 aromatic carbocycles.